The second kappa shape index (κ2) is 7.13. The molecule has 0 amide bonds. The first kappa shape index (κ1) is 18.1. The Bertz CT molecular complexity index is 1190. The van der Waals surface area contributed by atoms with Crippen LogP contribution in [0.5, 0.6) is 0 Å². The molecule has 1 saturated heterocycles. The van der Waals surface area contributed by atoms with Gasteiger partial charge in [0.05, 0.1) is 34.0 Å². The first-order chi connectivity index (χ1) is 14.1. The molecule has 0 aliphatic carbocycles. The third-order valence-corrected chi connectivity index (χ3v) is 5.27. The van der Waals surface area contributed by atoms with Crippen molar-refractivity contribution in [3.63, 3.8) is 0 Å². The van der Waals surface area contributed by atoms with Gasteiger partial charge in [-0.1, -0.05) is 29.3 Å². The Kier molecular flexibility index (Phi) is 4.44. The molecule has 146 valence electrons. The molecule has 1 fully saturated rings. The molecule has 7 nitrogen and oxygen atoms in total. The van der Waals surface area contributed by atoms with E-state index in [0.29, 0.717) is 46.3 Å². The van der Waals surface area contributed by atoms with Crippen molar-refractivity contribution in [1.29, 1.82) is 0 Å². The van der Waals surface area contributed by atoms with Crippen molar-refractivity contribution in [3.8, 4) is 5.69 Å². The molecule has 1 aromatic carbocycles. The number of nitrogens with one attached hydrogen (secondary N) is 1. The maximum Gasteiger partial charge on any atom is 0.142 e. The summed E-state index contributed by atoms with van der Waals surface area (Å²) >= 11 is 12.6. The van der Waals surface area contributed by atoms with Crippen LogP contribution in [-0.4, -0.2) is 44.0 Å². The zero-order valence-corrected chi connectivity index (χ0v) is 16.4. The van der Waals surface area contributed by atoms with Gasteiger partial charge in [-0.2, -0.15) is 5.10 Å². The summed E-state index contributed by atoms with van der Waals surface area (Å²) in [5.74, 6) is 1.80. The minimum absolute atomic E-state index is 0.343. The number of para-hydroxylation sites is 1. The summed E-state index contributed by atoms with van der Waals surface area (Å²) < 4.78 is 14.8. The van der Waals surface area contributed by atoms with Gasteiger partial charge in [-0.25, -0.2) is 24.0 Å². The summed E-state index contributed by atoms with van der Waals surface area (Å²) in [6.45, 7) is 0.686. The maximum absolute atomic E-state index is 13.1. The van der Waals surface area contributed by atoms with E-state index in [1.165, 1.54) is 6.33 Å². The van der Waals surface area contributed by atoms with E-state index in [9.17, 15) is 4.39 Å². The number of benzene rings is 1. The van der Waals surface area contributed by atoms with Crippen molar-refractivity contribution in [2.24, 2.45) is 0 Å². The van der Waals surface area contributed by atoms with Crippen LogP contribution < -0.4 is 10.2 Å². The summed E-state index contributed by atoms with van der Waals surface area (Å²) in [6.07, 6.45) is 4.10. The van der Waals surface area contributed by atoms with E-state index in [0.717, 1.165) is 10.9 Å². The second-order valence-electron chi connectivity index (χ2n) is 6.63. The van der Waals surface area contributed by atoms with E-state index in [1.54, 1.807) is 41.2 Å². The highest BCUT2D eigenvalue weighted by atomic mass is 35.5. The first-order valence-electron chi connectivity index (χ1n) is 8.85. The SMILES string of the molecule is FC1CN(c2cc(Nc3nccc4nn(-c5c(Cl)cccc5Cl)cc34)ncn2)C1. The Morgan fingerprint density at radius 1 is 1.07 bits per heavy atom. The number of halogens is 3. The number of alkyl halides is 1. The average Bonchev–Trinajstić information content (AvgIpc) is 3.10. The summed E-state index contributed by atoms with van der Waals surface area (Å²) in [5.41, 5.74) is 1.32. The van der Waals surface area contributed by atoms with Crippen LogP contribution in [0.15, 0.2) is 49.1 Å². The predicted molar refractivity (Wildman–Crippen MR) is 111 cm³/mol. The van der Waals surface area contributed by atoms with Gasteiger partial charge >= 0.3 is 0 Å². The molecule has 1 N–H and O–H groups in total. The molecule has 4 heterocycles. The molecule has 10 heteroatoms. The molecule has 0 atom stereocenters. The Morgan fingerprint density at radius 3 is 2.62 bits per heavy atom. The van der Waals surface area contributed by atoms with Crippen LogP contribution in [0.4, 0.5) is 21.8 Å². The van der Waals surface area contributed by atoms with Crippen molar-refractivity contribution >= 4 is 51.6 Å². The molecule has 29 heavy (non-hydrogen) atoms. The van der Waals surface area contributed by atoms with Crippen LogP contribution in [0, 0.1) is 0 Å². The number of hydrogen-bond acceptors (Lipinski definition) is 6. The molecule has 0 spiro atoms. The Balaban J connectivity index is 1.50. The first-order valence-corrected chi connectivity index (χ1v) is 9.61. The highest BCUT2D eigenvalue weighted by Crippen LogP contribution is 2.31. The molecule has 0 radical (unpaired) electrons. The molecule has 1 aliphatic rings. The van der Waals surface area contributed by atoms with E-state index in [-0.39, 0.29) is 0 Å². The van der Waals surface area contributed by atoms with Gasteiger partial charge in [0.1, 0.15) is 35.6 Å². The van der Waals surface area contributed by atoms with Crippen molar-refractivity contribution in [3.05, 3.63) is 59.1 Å². The molecule has 4 aromatic rings. The zero-order chi connectivity index (χ0) is 20.0. The summed E-state index contributed by atoms with van der Waals surface area (Å²) in [5, 5.41) is 9.53. The third kappa shape index (κ3) is 3.34. The number of hydrogen-bond donors (Lipinski definition) is 1. The molecule has 0 bridgehead atoms. The monoisotopic (exact) mass is 429 g/mol. The Morgan fingerprint density at radius 2 is 1.86 bits per heavy atom. The van der Waals surface area contributed by atoms with Crippen LogP contribution in [-0.2, 0) is 0 Å². The second-order valence-corrected chi connectivity index (χ2v) is 7.44. The molecule has 1 aliphatic heterocycles. The largest absolute Gasteiger partial charge is 0.350 e. The summed E-state index contributed by atoms with van der Waals surface area (Å²) in [4.78, 5) is 14.7. The van der Waals surface area contributed by atoms with Gasteiger partial charge in [0.25, 0.3) is 0 Å². The lowest BCUT2D eigenvalue weighted by Crippen LogP contribution is -2.48. The molecule has 0 unspecified atom stereocenters. The number of pyridine rings is 1. The Labute approximate surface area is 175 Å². The van der Waals surface area contributed by atoms with Gasteiger partial charge in [0.15, 0.2) is 0 Å². The zero-order valence-electron chi connectivity index (χ0n) is 14.9. The van der Waals surface area contributed by atoms with Gasteiger partial charge in [-0.15, -0.1) is 0 Å². The van der Waals surface area contributed by atoms with Crippen LogP contribution in [0.1, 0.15) is 0 Å². The van der Waals surface area contributed by atoms with Gasteiger partial charge in [0.2, 0.25) is 0 Å². The molecular formula is C19H14Cl2FN7. The molecule has 0 saturated carbocycles. The topological polar surface area (TPSA) is 71.8 Å². The van der Waals surface area contributed by atoms with E-state index in [1.807, 2.05) is 11.1 Å². The van der Waals surface area contributed by atoms with Gasteiger partial charge in [-0.05, 0) is 18.2 Å². The summed E-state index contributed by atoms with van der Waals surface area (Å²) in [7, 11) is 0. The smallest absolute Gasteiger partial charge is 0.142 e. The lowest BCUT2D eigenvalue weighted by molar-refractivity contribution is 0.273. The number of aromatic nitrogens is 5. The average molecular weight is 430 g/mol. The van der Waals surface area contributed by atoms with Crippen LogP contribution in [0.2, 0.25) is 10.0 Å². The highest BCUT2D eigenvalue weighted by Gasteiger charge is 2.27. The van der Waals surface area contributed by atoms with Crippen LogP contribution in [0.3, 0.4) is 0 Å². The number of rotatable bonds is 4. The number of nitrogens with zero attached hydrogens (tertiary/aromatic N) is 6. The van der Waals surface area contributed by atoms with Crippen LogP contribution >= 0.6 is 23.2 Å². The minimum atomic E-state index is -0.806. The number of fused-ring (bicyclic) bond motifs is 1. The quantitative estimate of drug-likeness (QED) is 0.517. The van der Waals surface area contributed by atoms with Gasteiger partial charge in [-0.3, -0.25) is 0 Å². The van der Waals surface area contributed by atoms with Crippen molar-refractivity contribution in [1.82, 2.24) is 24.7 Å². The molecule has 5 rings (SSSR count). The fourth-order valence-corrected chi connectivity index (χ4v) is 3.76. The standard InChI is InChI=1S/C19H14Cl2FN7/c20-13-2-1-3-14(21)18(13)29-9-12-15(27-29)4-5-23-19(12)26-16-6-17(25-10-24-16)28-7-11(22)8-28/h1-6,9-11H,7-8H2,(H,23,24,25,26). The van der Waals surface area contributed by atoms with Crippen LogP contribution in [0.25, 0.3) is 16.6 Å². The van der Waals surface area contributed by atoms with Crippen molar-refractivity contribution < 1.29 is 4.39 Å². The number of anilines is 3. The predicted octanol–water partition coefficient (Wildman–Crippen LogP) is 4.42. The normalized spacial score (nSPS) is 14.2. The van der Waals surface area contributed by atoms with Crippen molar-refractivity contribution in [2.75, 3.05) is 23.3 Å². The van der Waals surface area contributed by atoms with E-state index in [4.69, 9.17) is 23.2 Å². The lowest BCUT2D eigenvalue weighted by atomic mass is 10.2. The fourth-order valence-electron chi connectivity index (χ4n) is 3.19. The molecule has 3 aromatic heterocycles. The minimum Gasteiger partial charge on any atom is -0.350 e. The van der Waals surface area contributed by atoms with E-state index in [2.05, 4.69) is 25.4 Å². The molecular weight excluding hydrogens is 416 g/mol. The maximum atomic E-state index is 13.1. The van der Waals surface area contributed by atoms with Crippen molar-refractivity contribution in [2.45, 2.75) is 6.17 Å². The highest BCUT2D eigenvalue weighted by molar-refractivity contribution is 6.37. The van der Waals surface area contributed by atoms with Gasteiger partial charge in [0, 0.05) is 18.5 Å². The fraction of sp³-hybridized carbons (Fsp3) is 0.158. The van der Waals surface area contributed by atoms with Gasteiger partial charge < -0.3 is 10.2 Å². The van der Waals surface area contributed by atoms with E-state index < -0.39 is 6.17 Å². The van der Waals surface area contributed by atoms with E-state index >= 15 is 0 Å². The third-order valence-electron chi connectivity index (χ3n) is 4.66. The lowest BCUT2D eigenvalue weighted by Gasteiger charge is -2.35. The summed E-state index contributed by atoms with van der Waals surface area (Å²) in [6, 6.07) is 8.86. The Hall–Kier alpha value is -2.97.